The van der Waals surface area contributed by atoms with Crippen molar-refractivity contribution in [3.8, 4) is 5.75 Å². The first-order valence-corrected chi connectivity index (χ1v) is 5.16. The lowest BCUT2D eigenvalue weighted by atomic mass is 10.3. The fourth-order valence-electron chi connectivity index (χ4n) is 1.14. The number of hydrogen-bond acceptors (Lipinski definition) is 2. The monoisotopic (exact) mass is 209 g/mol. The zero-order chi connectivity index (χ0) is 10.4. The van der Waals surface area contributed by atoms with Crippen LogP contribution in [0.3, 0.4) is 0 Å². The van der Waals surface area contributed by atoms with Crippen LogP contribution >= 0.6 is 12.2 Å². The molecule has 2 nitrogen and oxygen atoms in total. The Labute approximate surface area is 90.5 Å². The van der Waals surface area contributed by atoms with Crippen molar-refractivity contribution < 1.29 is 4.74 Å². The molecule has 0 aliphatic heterocycles. The molecule has 0 heterocycles. The van der Waals surface area contributed by atoms with Gasteiger partial charge in [0, 0.05) is 7.05 Å². The van der Waals surface area contributed by atoms with Crippen LogP contribution in [-0.4, -0.2) is 19.1 Å². The Balaban J connectivity index is 2.85. The molecule has 0 aliphatic rings. The maximum absolute atomic E-state index is 5.60. The summed E-state index contributed by atoms with van der Waals surface area (Å²) in [5.74, 6) is 0.887. The van der Waals surface area contributed by atoms with E-state index < -0.39 is 0 Å². The number of thiocarbonyl (C=S) groups is 1. The fourth-order valence-corrected chi connectivity index (χ4v) is 1.25. The minimum absolute atomic E-state index is 0.738. The Kier molecular flexibility index (Phi) is 4.40. The first kappa shape index (κ1) is 11.0. The third kappa shape index (κ3) is 2.70. The molecule has 3 heteroatoms. The third-order valence-corrected chi connectivity index (χ3v) is 2.18. The summed E-state index contributed by atoms with van der Waals surface area (Å²) in [5, 5.41) is 0. The second-order valence-electron chi connectivity index (χ2n) is 3.03. The molecule has 0 aromatic heterocycles. The lowest BCUT2D eigenvalue weighted by molar-refractivity contribution is 0.318. The average Bonchev–Trinajstić information content (AvgIpc) is 2.25. The van der Waals surface area contributed by atoms with Gasteiger partial charge < -0.3 is 9.64 Å². The van der Waals surface area contributed by atoms with E-state index in [2.05, 4.69) is 6.92 Å². The zero-order valence-corrected chi connectivity index (χ0v) is 9.38. The van der Waals surface area contributed by atoms with Crippen LogP contribution in [0.4, 0.5) is 5.69 Å². The number of anilines is 1. The lowest BCUT2D eigenvalue weighted by Crippen LogP contribution is -2.14. The maximum atomic E-state index is 5.60. The maximum Gasteiger partial charge on any atom is 0.142 e. The van der Waals surface area contributed by atoms with E-state index in [0.29, 0.717) is 0 Å². The van der Waals surface area contributed by atoms with E-state index in [4.69, 9.17) is 17.0 Å². The molecule has 1 aromatic carbocycles. The molecule has 0 atom stereocenters. The highest BCUT2D eigenvalue weighted by Gasteiger charge is 2.04. The van der Waals surface area contributed by atoms with Gasteiger partial charge in [-0.2, -0.15) is 0 Å². The first-order chi connectivity index (χ1) is 6.79. The SMILES string of the molecule is CCCOc1ccccc1N(C)C=S. The Bertz CT molecular complexity index is 301. The number of ether oxygens (including phenoxy) is 1. The molecule has 0 aliphatic carbocycles. The van der Waals surface area contributed by atoms with Crippen molar-refractivity contribution in [2.24, 2.45) is 0 Å². The molecule has 0 unspecified atom stereocenters. The lowest BCUT2D eigenvalue weighted by Gasteiger charge is -2.17. The number of para-hydroxylation sites is 2. The van der Waals surface area contributed by atoms with Crippen molar-refractivity contribution in [2.75, 3.05) is 18.6 Å². The van der Waals surface area contributed by atoms with Crippen molar-refractivity contribution in [3.05, 3.63) is 24.3 Å². The summed E-state index contributed by atoms with van der Waals surface area (Å²) in [6, 6.07) is 7.89. The van der Waals surface area contributed by atoms with E-state index in [-0.39, 0.29) is 0 Å². The van der Waals surface area contributed by atoms with Crippen LogP contribution in [0.5, 0.6) is 5.75 Å². The highest BCUT2D eigenvalue weighted by molar-refractivity contribution is 7.79. The number of benzene rings is 1. The van der Waals surface area contributed by atoms with Crippen LogP contribution in [0.15, 0.2) is 24.3 Å². The second kappa shape index (κ2) is 5.60. The molecular formula is C11H15NOS. The second-order valence-corrected chi connectivity index (χ2v) is 3.24. The topological polar surface area (TPSA) is 12.5 Å². The van der Waals surface area contributed by atoms with Gasteiger partial charge in [0.1, 0.15) is 5.75 Å². The molecule has 0 saturated carbocycles. The van der Waals surface area contributed by atoms with E-state index in [1.807, 2.05) is 36.2 Å². The quantitative estimate of drug-likeness (QED) is 0.692. The summed E-state index contributed by atoms with van der Waals surface area (Å²) < 4.78 is 5.60. The van der Waals surface area contributed by atoms with Gasteiger partial charge in [-0.25, -0.2) is 0 Å². The predicted molar refractivity (Wildman–Crippen MR) is 64.3 cm³/mol. The van der Waals surface area contributed by atoms with Crippen LogP contribution in [0.1, 0.15) is 13.3 Å². The van der Waals surface area contributed by atoms with E-state index in [1.165, 1.54) is 0 Å². The molecule has 0 fully saturated rings. The Morgan fingerprint density at radius 3 is 2.79 bits per heavy atom. The van der Waals surface area contributed by atoms with Gasteiger partial charge in [0.15, 0.2) is 0 Å². The average molecular weight is 209 g/mol. The summed E-state index contributed by atoms with van der Waals surface area (Å²) in [7, 11) is 1.92. The summed E-state index contributed by atoms with van der Waals surface area (Å²) in [5.41, 5.74) is 2.62. The van der Waals surface area contributed by atoms with Gasteiger partial charge in [-0.1, -0.05) is 31.3 Å². The van der Waals surface area contributed by atoms with Gasteiger partial charge in [0.05, 0.1) is 17.8 Å². The van der Waals surface area contributed by atoms with Crippen molar-refractivity contribution in [1.29, 1.82) is 0 Å². The first-order valence-electron chi connectivity index (χ1n) is 4.69. The Morgan fingerprint density at radius 1 is 1.43 bits per heavy atom. The highest BCUT2D eigenvalue weighted by Crippen LogP contribution is 2.26. The van der Waals surface area contributed by atoms with Crippen molar-refractivity contribution in [3.63, 3.8) is 0 Å². The van der Waals surface area contributed by atoms with Gasteiger partial charge in [0.2, 0.25) is 0 Å². The van der Waals surface area contributed by atoms with Crippen LogP contribution in [0, 0.1) is 0 Å². The van der Waals surface area contributed by atoms with Crippen LogP contribution in [-0.2, 0) is 0 Å². The molecule has 1 aromatic rings. The summed E-state index contributed by atoms with van der Waals surface area (Å²) in [6.07, 6.45) is 1.01. The molecule has 0 amide bonds. The van der Waals surface area contributed by atoms with E-state index in [9.17, 15) is 0 Å². The van der Waals surface area contributed by atoms with Crippen molar-refractivity contribution in [1.82, 2.24) is 0 Å². The van der Waals surface area contributed by atoms with Crippen LogP contribution in [0.25, 0.3) is 0 Å². The van der Waals surface area contributed by atoms with E-state index >= 15 is 0 Å². The molecule has 0 N–H and O–H groups in total. The number of rotatable bonds is 5. The summed E-state index contributed by atoms with van der Waals surface area (Å²) >= 11 is 4.87. The van der Waals surface area contributed by atoms with Gasteiger partial charge in [-0.05, 0) is 18.6 Å². The largest absolute Gasteiger partial charge is 0.491 e. The van der Waals surface area contributed by atoms with Gasteiger partial charge in [0.25, 0.3) is 0 Å². The smallest absolute Gasteiger partial charge is 0.142 e. The highest BCUT2D eigenvalue weighted by atomic mass is 32.1. The van der Waals surface area contributed by atoms with E-state index in [1.54, 1.807) is 5.49 Å². The molecule has 0 saturated heterocycles. The summed E-state index contributed by atoms with van der Waals surface area (Å²) in [6.45, 7) is 2.83. The molecule has 0 spiro atoms. The fraction of sp³-hybridized carbons (Fsp3) is 0.364. The summed E-state index contributed by atoms with van der Waals surface area (Å²) in [4.78, 5) is 1.88. The molecule has 76 valence electrons. The standard InChI is InChI=1S/C11H15NOS/c1-3-8-13-11-7-5-4-6-10(11)12(2)9-14/h4-7,9H,3,8H2,1-2H3. The molecule has 0 radical (unpaired) electrons. The van der Waals surface area contributed by atoms with Crippen LogP contribution < -0.4 is 9.64 Å². The van der Waals surface area contributed by atoms with E-state index in [0.717, 1.165) is 24.5 Å². The van der Waals surface area contributed by atoms with Crippen molar-refractivity contribution >= 4 is 23.4 Å². The third-order valence-electron chi connectivity index (χ3n) is 1.87. The number of hydrogen-bond donors (Lipinski definition) is 0. The predicted octanol–water partition coefficient (Wildman–Crippen LogP) is 2.87. The molecule has 1 rings (SSSR count). The normalized spacial score (nSPS) is 9.57. The Hall–Kier alpha value is -1.09. The van der Waals surface area contributed by atoms with Gasteiger partial charge in [-0.15, -0.1) is 0 Å². The Morgan fingerprint density at radius 2 is 2.14 bits per heavy atom. The minimum atomic E-state index is 0.738. The van der Waals surface area contributed by atoms with Crippen molar-refractivity contribution in [2.45, 2.75) is 13.3 Å². The van der Waals surface area contributed by atoms with Gasteiger partial charge >= 0.3 is 0 Å². The molecule has 0 bridgehead atoms. The number of nitrogens with zero attached hydrogens (tertiary/aromatic N) is 1. The minimum Gasteiger partial charge on any atom is -0.491 e. The van der Waals surface area contributed by atoms with Gasteiger partial charge in [-0.3, -0.25) is 0 Å². The molecular weight excluding hydrogens is 194 g/mol. The zero-order valence-electron chi connectivity index (χ0n) is 8.56. The van der Waals surface area contributed by atoms with Crippen LogP contribution in [0.2, 0.25) is 0 Å². The molecule has 14 heavy (non-hydrogen) atoms.